The SMILES string of the molecule is Cc1ccc(OCc2noc(C3CC3)n2)c(CC(C)N)n1. The van der Waals surface area contributed by atoms with Gasteiger partial charge in [0.25, 0.3) is 0 Å². The van der Waals surface area contributed by atoms with Crippen molar-refractivity contribution in [2.24, 2.45) is 5.73 Å². The number of aryl methyl sites for hydroxylation is 1. The van der Waals surface area contributed by atoms with Crippen LogP contribution in [0.25, 0.3) is 0 Å². The van der Waals surface area contributed by atoms with Crippen LogP contribution in [0.4, 0.5) is 0 Å². The van der Waals surface area contributed by atoms with Crippen LogP contribution in [0.5, 0.6) is 5.75 Å². The lowest BCUT2D eigenvalue weighted by atomic mass is 10.1. The predicted octanol–water partition coefficient (Wildman–Crippen LogP) is 2.12. The highest BCUT2D eigenvalue weighted by Gasteiger charge is 2.29. The summed E-state index contributed by atoms with van der Waals surface area (Å²) in [7, 11) is 0. The highest BCUT2D eigenvalue weighted by molar-refractivity contribution is 5.30. The molecule has 2 aromatic heterocycles. The van der Waals surface area contributed by atoms with Crippen molar-refractivity contribution in [1.82, 2.24) is 15.1 Å². The molecule has 3 rings (SSSR count). The molecule has 21 heavy (non-hydrogen) atoms. The van der Waals surface area contributed by atoms with Crippen LogP contribution in [0, 0.1) is 6.92 Å². The van der Waals surface area contributed by atoms with Gasteiger partial charge >= 0.3 is 0 Å². The first-order valence-electron chi connectivity index (χ1n) is 7.29. The maximum absolute atomic E-state index is 5.86. The van der Waals surface area contributed by atoms with Gasteiger partial charge in [0.1, 0.15) is 5.75 Å². The fraction of sp³-hybridized carbons (Fsp3) is 0.533. The van der Waals surface area contributed by atoms with Crippen molar-refractivity contribution in [1.29, 1.82) is 0 Å². The summed E-state index contributed by atoms with van der Waals surface area (Å²) in [6.07, 6.45) is 2.96. The van der Waals surface area contributed by atoms with E-state index in [1.807, 2.05) is 26.0 Å². The normalized spacial score (nSPS) is 16.0. The molecule has 2 aromatic rings. The van der Waals surface area contributed by atoms with Gasteiger partial charge in [-0.25, -0.2) is 0 Å². The van der Waals surface area contributed by atoms with Gasteiger partial charge in [0.15, 0.2) is 6.61 Å². The predicted molar refractivity (Wildman–Crippen MR) is 76.9 cm³/mol. The zero-order valence-corrected chi connectivity index (χ0v) is 12.4. The number of hydrogen-bond donors (Lipinski definition) is 1. The van der Waals surface area contributed by atoms with Gasteiger partial charge < -0.3 is 15.0 Å². The van der Waals surface area contributed by atoms with Crippen molar-refractivity contribution in [3.8, 4) is 5.75 Å². The standard InChI is InChI=1S/C15H20N4O2/c1-9(16)7-12-13(6-3-10(2)17-12)20-8-14-18-15(21-19-14)11-4-5-11/h3,6,9,11H,4-5,7-8,16H2,1-2H3. The van der Waals surface area contributed by atoms with E-state index >= 15 is 0 Å². The van der Waals surface area contributed by atoms with Crippen LogP contribution in [-0.2, 0) is 13.0 Å². The molecule has 2 heterocycles. The van der Waals surface area contributed by atoms with E-state index < -0.39 is 0 Å². The molecular formula is C15H20N4O2. The molecule has 1 atom stereocenters. The fourth-order valence-electron chi connectivity index (χ4n) is 2.14. The Kier molecular flexibility index (Phi) is 3.88. The lowest BCUT2D eigenvalue weighted by Gasteiger charge is -2.11. The second-order valence-electron chi connectivity index (χ2n) is 5.69. The van der Waals surface area contributed by atoms with Crippen molar-refractivity contribution in [2.75, 3.05) is 0 Å². The third-order valence-corrected chi connectivity index (χ3v) is 3.35. The van der Waals surface area contributed by atoms with Gasteiger partial charge in [0.2, 0.25) is 11.7 Å². The van der Waals surface area contributed by atoms with Gasteiger partial charge in [0, 0.05) is 24.1 Å². The lowest BCUT2D eigenvalue weighted by Crippen LogP contribution is -2.19. The monoisotopic (exact) mass is 288 g/mol. The van der Waals surface area contributed by atoms with Crippen molar-refractivity contribution >= 4 is 0 Å². The first-order chi connectivity index (χ1) is 10.1. The molecule has 0 amide bonds. The zero-order chi connectivity index (χ0) is 14.8. The highest BCUT2D eigenvalue weighted by atomic mass is 16.5. The Hall–Kier alpha value is -1.95. The summed E-state index contributed by atoms with van der Waals surface area (Å²) in [4.78, 5) is 8.85. The summed E-state index contributed by atoms with van der Waals surface area (Å²) < 4.78 is 11.0. The van der Waals surface area contributed by atoms with Gasteiger partial charge in [-0.2, -0.15) is 4.98 Å². The van der Waals surface area contributed by atoms with Crippen LogP contribution in [0.15, 0.2) is 16.7 Å². The molecule has 1 saturated carbocycles. The van der Waals surface area contributed by atoms with Crippen LogP contribution in [0.2, 0.25) is 0 Å². The number of nitrogens with two attached hydrogens (primary N) is 1. The Morgan fingerprint density at radius 2 is 2.19 bits per heavy atom. The van der Waals surface area contributed by atoms with Crippen LogP contribution < -0.4 is 10.5 Å². The highest BCUT2D eigenvalue weighted by Crippen LogP contribution is 2.38. The molecule has 112 valence electrons. The third kappa shape index (κ3) is 3.58. The minimum atomic E-state index is 0.0355. The summed E-state index contributed by atoms with van der Waals surface area (Å²) in [6.45, 7) is 4.19. The zero-order valence-electron chi connectivity index (χ0n) is 12.4. The van der Waals surface area contributed by atoms with Crippen molar-refractivity contribution in [3.63, 3.8) is 0 Å². The molecule has 1 fully saturated rings. The maximum atomic E-state index is 5.86. The first-order valence-corrected chi connectivity index (χ1v) is 7.29. The van der Waals surface area contributed by atoms with Crippen molar-refractivity contribution in [2.45, 2.75) is 51.7 Å². The topological polar surface area (TPSA) is 87.1 Å². The molecule has 0 radical (unpaired) electrons. The summed E-state index contributed by atoms with van der Waals surface area (Å²) in [6, 6.07) is 3.88. The number of pyridine rings is 1. The smallest absolute Gasteiger partial charge is 0.229 e. The second-order valence-corrected chi connectivity index (χ2v) is 5.69. The number of ether oxygens (including phenoxy) is 1. The van der Waals surface area contributed by atoms with E-state index in [0.29, 0.717) is 18.2 Å². The molecule has 6 nitrogen and oxygen atoms in total. The van der Waals surface area contributed by atoms with Gasteiger partial charge in [-0.05, 0) is 38.8 Å². The lowest BCUT2D eigenvalue weighted by molar-refractivity contribution is 0.280. The van der Waals surface area contributed by atoms with Crippen LogP contribution in [-0.4, -0.2) is 21.2 Å². The molecule has 0 saturated heterocycles. The van der Waals surface area contributed by atoms with E-state index in [1.165, 1.54) is 0 Å². The van der Waals surface area contributed by atoms with Crippen molar-refractivity contribution < 1.29 is 9.26 Å². The van der Waals surface area contributed by atoms with E-state index in [1.54, 1.807) is 0 Å². The Balaban J connectivity index is 1.68. The van der Waals surface area contributed by atoms with E-state index in [4.69, 9.17) is 15.0 Å². The van der Waals surface area contributed by atoms with E-state index in [9.17, 15) is 0 Å². The minimum absolute atomic E-state index is 0.0355. The largest absolute Gasteiger partial charge is 0.484 e. The number of nitrogens with zero attached hydrogens (tertiary/aromatic N) is 3. The number of aromatic nitrogens is 3. The fourth-order valence-corrected chi connectivity index (χ4v) is 2.14. The number of hydrogen-bond acceptors (Lipinski definition) is 6. The van der Waals surface area contributed by atoms with Crippen LogP contribution in [0.3, 0.4) is 0 Å². The summed E-state index contributed by atoms with van der Waals surface area (Å²) in [5.41, 5.74) is 7.68. The number of rotatable bonds is 6. The molecule has 2 N–H and O–H groups in total. The first kappa shape index (κ1) is 14.0. The summed E-state index contributed by atoms with van der Waals surface area (Å²) in [5.74, 6) is 2.49. The van der Waals surface area contributed by atoms with Crippen LogP contribution in [0.1, 0.15) is 48.8 Å². The minimum Gasteiger partial charge on any atom is -0.484 e. The Morgan fingerprint density at radius 1 is 1.38 bits per heavy atom. The quantitative estimate of drug-likeness (QED) is 0.876. The van der Waals surface area contributed by atoms with Gasteiger partial charge in [-0.15, -0.1) is 0 Å². The molecular weight excluding hydrogens is 268 g/mol. The van der Waals surface area contributed by atoms with E-state index in [-0.39, 0.29) is 12.6 Å². The van der Waals surface area contributed by atoms with Gasteiger partial charge in [0.05, 0.1) is 5.69 Å². The summed E-state index contributed by atoms with van der Waals surface area (Å²) >= 11 is 0. The molecule has 0 spiro atoms. The van der Waals surface area contributed by atoms with Gasteiger partial charge in [-0.3, -0.25) is 4.98 Å². The molecule has 1 aliphatic rings. The average molecular weight is 288 g/mol. The Labute approximate surface area is 123 Å². The van der Waals surface area contributed by atoms with E-state index in [2.05, 4.69) is 15.1 Å². The molecule has 0 bridgehead atoms. The van der Waals surface area contributed by atoms with Crippen molar-refractivity contribution in [3.05, 3.63) is 35.2 Å². The average Bonchev–Trinajstić information content (AvgIpc) is 3.17. The molecule has 0 aromatic carbocycles. The Morgan fingerprint density at radius 3 is 2.90 bits per heavy atom. The van der Waals surface area contributed by atoms with Crippen LogP contribution >= 0.6 is 0 Å². The molecule has 1 unspecified atom stereocenters. The molecule has 6 heteroatoms. The molecule has 0 aliphatic heterocycles. The third-order valence-electron chi connectivity index (χ3n) is 3.35. The van der Waals surface area contributed by atoms with Gasteiger partial charge in [-0.1, -0.05) is 5.16 Å². The maximum Gasteiger partial charge on any atom is 0.229 e. The second kappa shape index (κ2) is 5.81. The summed E-state index contributed by atoms with van der Waals surface area (Å²) in [5, 5.41) is 3.94. The van der Waals surface area contributed by atoms with E-state index in [0.717, 1.165) is 35.9 Å². The molecule has 1 aliphatic carbocycles. The Bertz CT molecular complexity index is 620.